The molecule has 1 saturated carbocycles. The lowest BCUT2D eigenvalue weighted by atomic mass is 9.89. The number of carbonyl (C=O) groups excluding carboxylic acids is 1. The molecule has 1 N–H and O–H groups in total. The second-order valence-corrected chi connectivity index (χ2v) is 8.95. The number of hydrogen-bond donors (Lipinski definition) is 1. The molecule has 0 spiro atoms. The summed E-state index contributed by atoms with van der Waals surface area (Å²) in [6.07, 6.45) is 6.96. The number of rotatable bonds is 7. The second kappa shape index (κ2) is 9.54. The van der Waals surface area contributed by atoms with E-state index >= 15 is 0 Å². The Morgan fingerprint density at radius 2 is 2.00 bits per heavy atom. The molecule has 0 atom stereocenters. The molecular weight excluding hydrogens is 404 g/mol. The Kier molecular flexibility index (Phi) is 6.61. The molecule has 0 saturated heterocycles. The summed E-state index contributed by atoms with van der Waals surface area (Å²) in [6, 6.07) is 8.34. The fourth-order valence-electron chi connectivity index (χ4n) is 3.45. The lowest BCUT2D eigenvalue weighted by Gasteiger charge is -2.17. The van der Waals surface area contributed by atoms with E-state index in [0.717, 1.165) is 30.5 Å². The highest BCUT2D eigenvalue weighted by molar-refractivity contribution is 7.99. The lowest BCUT2D eigenvalue weighted by Crippen LogP contribution is -2.13. The van der Waals surface area contributed by atoms with Crippen LogP contribution >= 0.6 is 23.1 Å². The van der Waals surface area contributed by atoms with Gasteiger partial charge in [0.1, 0.15) is 0 Å². The van der Waals surface area contributed by atoms with Gasteiger partial charge in [-0.1, -0.05) is 62.2 Å². The van der Waals surface area contributed by atoms with Gasteiger partial charge in [-0.3, -0.25) is 4.79 Å². The Morgan fingerprint density at radius 1 is 1.21 bits per heavy atom. The Morgan fingerprint density at radius 3 is 2.76 bits per heavy atom. The quantitative estimate of drug-likeness (QED) is 0.498. The van der Waals surface area contributed by atoms with Crippen molar-refractivity contribution in [3.05, 3.63) is 41.1 Å². The van der Waals surface area contributed by atoms with Gasteiger partial charge in [0.05, 0.1) is 11.4 Å². The molecule has 2 heterocycles. The zero-order valence-electron chi connectivity index (χ0n) is 16.4. The summed E-state index contributed by atoms with van der Waals surface area (Å²) in [5.74, 6) is 1.17. The molecule has 0 bridgehead atoms. The van der Waals surface area contributed by atoms with Gasteiger partial charge >= 0.3 is 0 Å². The van der Waals surface area contributed by atoms with Gasteiger partial charge in [0, 0.05) is 16.9 Å². The standard InChI is InChI=1S/C21H24N4O2S2/c1-2-14-8-10-15(11-9-14)17-12-28-20(22-17)23-18(26)13-29-21-25-24-19(27-21)16-6-4-3-5-7-16/h8-12,16H,2-7,13H2,1H3,(H,22,23,26). The summed E-state index contributed by atoms with van der Waals surface area (Å²) in [4.78, 5) is 16.8. The summed E-state index contributed by atoms with van der Waals surface area (Å²) in [5, 5.41) is 14.1. The molecule has 1 aliphatic carbocycles. The predicted octanol–water partition coefficient (Wildman–Crippen LogP) is 5.53. The van der Waals surface area contributed by atoms with Gasteiger partial charge in [0.2, 0.25) is 11.8 Å². The van der Waals surface area contributed by atoms with Crippen molar-refractivity contribution in [2.75, 3.05) is 11.1 Å². The molecule has 29 heavy (non-hydrogen) atoms. The molecular formula is C21H24N4O2S2. The van der Waals surface area contributed by atoms with Crippen LogP contribution in [0.3, 0.4) is 0 Å². The fourth-order valence-corrected chi connectivity index (χ4v) is 4.76. The van der Waals surface area contributed by atoms with E-state index in [1.54, 1.807) is 0 Å². The molecule has 0 radical (unpaired) electrons. The Bertz CT molecular complexity index is 946. The Labute approximate surface area is 178 Å². The van der Waals surface area contributed by atoms with Crippen LogP contribution in [0.4, 0.5) is 5.13 Å². The molecule has 1 aliphatic rings. The minimum Gasteiger partial charge on any atom is -0.416 e. The normalized spacial score (nSPS) is 14.8. The lowest BCUT2D eigenvalue weighted by molar-refractivity contribution is -0.113. The molecule has 6 nitrogen and oxygen atoms in total. The van der Waals surface area contributed by atoms with Crippen LogP contribution in [0.5, 0.6) is 0 Å². The van der Waals surface area contributed by atoms with Gasteiger partial charge in [-0.25, -0.2) is 4.98 Å². The molecule has 8 heteroatoms. The van der Waals surface area contributed by atoms with Gasteiger partial charge in [-0.15, -0.1) is 21.5 Å². The van der Waals surface area contributed by atoms with Crippen LogP contribution in [0.15, 0.2) is 39.3 Å². The molecule has 1 amide bonds. The van der Waals surface area contributed by atoms with E-state index in [1.165, 1.54) is 47.9 Å². The number of amides is 1. The number of nitrogens with zero attached hydrogens (tertiary/aromatic N) is 3. The number of anilines is 1. The van der Waals surface area contributed by atoms with E-state index in [9.17, 15) is 4.79 Å². The van der Waals surface area contributed by atoms with Crippen molar-refractivity contribution in [1.82, 2.24) is 15.2 Å². The molecule has 3 aromatic rings. The number of aromatic nitrogens is 3. The number of thioether (sulfide) groups is 1. The van der Waals surface area contributed by atoms with Crippen LogP contribution in [0.1, 0.15) is 56.4 Å². The number of benzene rings is 1. The van der Waals surface area contributed by atoms with Crippen LogP contribution in [0.25, 0.3) is 11.3 Å². The first-order chi connectivity index (χ1) is 14.2. The smallest absolute Gasteiger partial charge is 0.277 e. The highest BCUT2D eigenvalue weighted by Crippen LogP contribution is 2.33. The predicted molar refractivity (Wildman–Crippen MR) is 116 cm³/mol. The van der Waals surface area contributed by atoms with Gasteiger partial charge < -0.3 is 9.73 Å². The minimum absolute atomic E-state index is 0.130. The molecule has 1 fully saturated rings. The third-order valence-electron chi connectivity index (χ3n) is 5.11. The van der Waals surface area contributed by atoms with Crippen LogP contribution in [0, 0.1) is 0 Å². The third kappa shape index (κ3) is 5.25. The maximum Gasteiger partial charge on any atom is 0.277 e. The van der Waals surface area contributed by atoms with Crippen LogP contribution in [0.2, 0.25) is 0 Å². The van der Waals surface area contributed by atoms with Crippen molar-refractivity contribution in [2.24, 2.45) is 0 Å². The topological polar surface area (TPSA) is 80.9 Å². The summed E-state index contributed by atoms with van der Waals surface area (Å²) in [5.41, 5.74) is 3.21. The monoisotopic (exact) mass is 428 g/mol. The Balaban J connectivity index is 1.29. The first kappa shape index (κ1) is 20.1. The van der Waals surface area contributed by atoms with Crippen LogP contribution in [-0.2, 0) is 11.2 Å². The highest BCUT2D eigenvalue weighted by Gasteiger charge is 2.21. The number of hydrogen-bond acceptors (Lipinski definition) is 7. The van der Waals surface area contributed by atoms with E-state index in [1.807, 2.05) is 5.38 Å². The van der Waals surface area contributed by atoms with E-state index in [2.05, 4.69) is 51.7 Å². The van der Waals surface area contributed by atoms with Gasteiger partial charge in [-0.05, 0) is 24.8 Å². The molecule has 0 aliphatic heterocycles. The van der Waals surface area contributed by atoms with Gasteiger partial charge in [0.25, 0.3) is 5.22 Å². The third-order valence-corrected chi connectivity index (χ3v) is 6.69. The molecule has 4 rings (SSSR count). The maximum atomic E-state index is 12.3. The Hall–Kier alpha value is -2.19. The minimum atomic E-state index is -0.130. The maximum absolute atomic E-state index is 12.3. The van der Waals surface area contributed by atoms with E-state index in [-0.39, 0.29) is 11.7 Å². The molecule has 2 aromatic heterocycles. The van der Waals surface area contributed by atoms with E-state index in [0.29, 0.717) is 22.2 Å². The summed E-state index contributed by atoms with van der Waals surface area (Å²) in [7, 11) is 0. The summed E-state index contributed by atoms with van der Waals surface area (Å²) < 4.78 is 5.75. The van der Waals surface area contributed by atoms with E-state index < -0.39 is 0 Å². The zero-order chi connectivity index (χ0) is 20.1. The second-order valence-electron chi connectivity index (χ2n) is 7.17. The molecule has 1 aromatic carbocycles. The first-order valence-electron chi connectivity index (χ1n) is 10.0. The number of nitrogens with one attached hydrogen (secondary N) is 1. The van der Waals surface area contributed by atoms with Gasteiger partial charge in [0.15, 0.2) is 5.13 Å². The fraction of sp³-hybridized carbons (Fsp3) is 0.429. The van der Waals surface area contributed by atoms with Crippen molar-refractivity contribution < 1.29 is 9.21 Å². The SMILES string of the molecule is CCc1ccc(-c2csc(NC(=O)CSc3nnc(C4CCCCC4)o3)n2)cc1. The largest absolute Gasteiger partial charge is 0.416 e. The number of thiazole rings is 1. The average molecular weight is 429 g/mol. The van der Waals surface area contributed by atoms with Crippen LogP contribution in [-0.4, -0.2) is 26.8 Å². The van der Waals surface area contributed by atoms with Crippen molar-refractivity contribution in [3.8, 4) is 11.3 Å². The van der Waals surface area contributed by atoms with Gasteiger partial charge in [-0.2, -0.15) is 0 Å². The van der Waals surface area contributed by atoms with Crippen molar-refractivity contribution in [1.29, 1.82) is 0 Å². The average Bonchev–Trinajstić information content (AvgIpc) is 3.43. The van der Waals surface area contributed by atoms with Crippen molar-refractivity contribution >= 4 is 34.1 Å². The molecule has 152 valence electrons. The summed E-state index contributed by atoms with van der Waals surface area (Å²) in [6.45, 7) is 2.13. The number of aryl methyl sites for hydroxylation is 1. The highest BCUT2D eigenvalue weighted by atomic mass is 32.2. The van der Waals surface area contributed by atoms with Crippen LogP contribution < -0.4 is 5.32 Å². The molecule has 0 unspecified atom stereocenters. The number of carbonyl (C=O) groups is 1. The first-order valence-corrected chi connectivity index (χ1v) is 11.9. The van der Waals surface area contributed by atoms with E-state index in [4.69, 9.17) is 4.42 Å². The summed E-state index contributed by atoms with van der Waals surface area (Å²) >= 11 is 2.69. The van der Waals surface area contributed by atoms with Crippen molar-refractivity contribution in [2.45, 2.75) is 56.6 Å². The van der Waals surface area contributed by atoms with Crippen molar-refractivity contribution in [3.63, 3.8) is 0 Å². The zero-order valence-corrected chi connectivity index (χ0v) is 18.0.